The van der Waals surface area contributed by atoms with Gasteiger partial charge in [0.15, 0.2) is 5.78 Å². The smallest absolute Gasteiger partial charge is 0.188 e. The molecule has 4 atom stereocenters. The van der Waals surface area contributed by atoms with Crippen LogP contribution in [0.3, 0.4) is 0 Å². The minimum Gasteiger partial charge on any atom is -0.373 e. The van der Waals surface area contributed by atoms with Crippen molar-refractivity contribution in [2.75, 3.05) is 17.8 Å². The molecule has 0 saturated heterocycles. The van der Waals surface area contributed by atoms with E-state index in [0.717, 1.165) is 41.1 Å². The van der Waals surface area contributed by atoms with Crippen molar-refractivity contribution in [3.05, 3.63) is 23.8 Å². The average Bonchev–Trinajstić information content (AvgIpc) is 2.46. The molecule has 0 N–H and O–H groups in total. The maximum atomic E-state index is 12.9. The van der Waals surface area contributed by atoms with Gasteiger partial charge in [-0.2, -0.15) is 0 Å². The molecule has 0 spiro atoms. The van der Waals surface area contributed by atoms with Crippen LogP contribution >= 0.6 is 31.9 Å². The molecule has 4 heteroatoms. The number of ether oxygens (including phenoxy) is 1. The minimum atomic E-state index is -0.361. The molecule has 0 amide bonds. The van der Waals surface area contributed by atoms with Gasteiger partial charge in [0.25, 0.3) is 0 Å². The van der Waals surface area contributed by atoms with Crippen molar-refractivity contribution < 1.29 is 9.53 Å². The fourth-order valence-electron chi connectivity index (χ4n) is 3.75. The molecule has 2 rings (SSSR count). The number of halogens is 2. The van der Waals surface area contributed by atoms with Crippen LogP contribution in [0.15, 0.2) is 23.8 Å². The van der Waals surface area contributed by atoms with E-state index in [-0.39, 0.29) is 23.2 Å². The number of carbonyl (C=O) groups excluding carboxylic acids is 1. The second kappa shape index (κ2) is 6.45. The van der Waals surface area contributed by atoms with Crippen LogP contribution in [0, 0.1) is 17.3 Å². The number of methoxy groups -OCH3 is 1. The van der Waals surface area contributed by atoms with Gasteiger partial charge >= 0.3 is 0 Å². The molecule has 4 unspecified atom stereocenters. The van der Waals surface area contributed by atoms with Crippen LogP contribution in [-0.4, -0.2) is 29.7 Å². The van der Waals surface area contributed by atoms with Gasteiger partial charge in [-0.1, -0.05) is 50.1 Å². The molecule has 2 nitrogen and oxygen atoms in total. The molecular weight excluding hydrogens is 384 g/mol. The minimum absolute atomic E-state index is 0.0719. The summed E-state index contributed by atoms with van der Waals surface area (Å²) in [5, 5.41) is 1.76. The molecular formula is C16H22Br2O2. The summed E-state index contributed by atoms with van der Waals surface area (Å²) in [6.45, 7) is 6.09. The monoisotopic (exact) mass is 404 g/mol. The van der Waals surface area contributed by atoms with E-state index in [1.54, 1.807) is 7.11 Å². The molecule has 0 heterocycles. The van der Waals surface area contributed by atoms with E-state index in [9.17, 15) is 4.79 Å². The molecule has 0 aromatic rings. The lowest BCUT2D eigenvalue weighted by molar-refractivity contribution is -0.133. The first-order valence-corrected chi connectivity index (χ1v) is 9.31. The van der Waals surface area contributed by atoms with Gasteiger partial charge in [0.05, 0.1) is 0 Å². The summed E-state index contributed by atoms with van der Waals surface area (Å²) in [4.78, 5) is 12.9. The van der Waals surface area contributed by atoms with Crippen LogP contribution < -0.4 is 0 Å². The molecule has 2 aliphatic rings. The van der Waals surface area contributed by atoms with Gasteiger partial charge in [0, 0.05) is 34.7 Å². The lowest BCUT2D eigenvalue weighted by Gasteiger charge is -2.50. The van der Waals surface area contributed by atoms with Gasteiger partial charge in [-0.3, -0.25) is 4.79 Å². The molecule has 0 aromatic carbocycles. The third kappa shape index (κ3) is 2.48. The number of hydrogen-bond donors (Lipinski definition) is 0. The second-order valence-electron chi connectivity index (χ2n) is 6.01. The summed E-state index contributed by atoms with van der Waals surface area (Å²) >= 11 is 7.33. The largest absolute Gasteiger partial charge is 0.373 e. The number of ketones is 1. The molecule has 20 heavy (non-hydrogen) atoms. The summed E-state index contributed by atoms with van der Waals surface area (Å²) < 4.78 is 5.51. The van der Waals surface area contributed by atoms with Gasteiger partial charge in [0.1, 0.15) is 6.10 Å². The molecule has 1 saturated carbocycles. The van der Waals surface area contributed by atoms with Crippen LogP contribution in [0.5, 0.6) is 0 Å². The Bertz CT molecular complexity index is 444. The van der Waals surface area contributed by atoms with Gasteiger partial charge in [-0.15, -0.1) is 0 Å². The molecule has 112 valence electrons. The van der Waals surface area contributed by atoms with Crippen molar-refractivity contribution in [3.8, 4) is 0 Å². The SMILES string of the molecule is C=C(C)C1CC2(CBr)C(=CCCC2CBr)C(=O)C1OC. The summed E-state index contributed by atoms with van der Waals surface area (Å²) in [6, 6.07) is 0. The molecule has 0 radical (unpaired) electrons. The van der Waals surface area contributed by atoms with E-state index in [1.165, 1.54) is 0 Å². The topological polar surface area (TPSA) is 26.3 Å². The maximum Gasteiger partial charge on any atom is 0.188 e. The van der Waals surface area contributed by atoms with Crippen molar-refractivity contribution >= 4 is 37.6 Å². The molecule has 0 bridgehead atoms. The van der Waals surface area contributed by atoms with Gasteiger partial charge in [-0.25, -0.2) is 0 Å². The fraction of sp³-hybridized carbons (Fsp3) is 0.688. The zero-order valence-electron chi connectivity index (χ0n) is 12.1. The molecule has 1 fully saturated rings. The highest BCUT2D eigenvalue weighted by atomic mass is 79.9. The highest BCUT2D eigenvalue weighted by molar-refractivity contribution is 9.09. The van der Waals surface area contributed by atoms with Crippen LogP contribution in [-0.2, 0) is 9.53 Å². The Balaban J connectivity index is 2.49. The Morgan fingerprint density at radius 2 is 2.25 bits per heavy atom. The van der Waals surface area contributed by atoms with Crippen molar-refractivity contribution in [3.63, 3.8) is 0 Å². The number of rotatable bonds is 4. The van der Waals surface area contributed by atoms with Crippen LogP contribution in [0.25, 0.3) is 0 Å². The number of carbonyl (C=O) groups is 1. The second-order valence-corrected chi connectivity index (χ2v) is 7.22. The number of alkyl halides is 2. The predicted molar refractivity (Wildman–Crippen MR) is 89.6 cm³/mol. The van der Waals surface area contributed by atoms with E-state index in [1.807, 2.05) is 6.92 Å². The summed E-state index contributed by atoms with van der Waals surface area (Å²) in [5.74, 6) is 0.768. The highest BCUT2D eigenvalue weighted by Crippen LogP contribution is 2.54. The normalized spacial score (nSPS) is 37.3. The summed E-state index contributed by atoms with van der Waals surface area (Å²) in [6.07, 6.45) is 4.85. The number of allylic oxidation sites excluding steroid dienone is 1. The van der Waals surface area contributed by atoms with Crippen molar-refractivity contribution in [2.45, 2.75) is 32.3 Å². The quantitative estimate of drug-likeness (QED) is 0.515. The highest BCUT2D eigenvalue weighted by Gasteiger charge is 2.53. The zero-order chi connectivity index (χ0) is 14.9. The van der Waals surface area contributed by atoms with Gasteiger partial charge in [0.2, 0.25) is 0 Å². The van der Waals surface area contributed by atoms with E-state index < -0.39 is 0 Å². The number of fused-ring (bicyclic) bond motifs is 1. The number of hydrogen-bond acceptors (Lipinski definition) is 2. The first-order valence-electron chi connectivity index (χ1n) is 7.06. The van der Waals surface area contributed by atoms with Gasteiger partial charge < -0.3 is 4.74 Å². The van der Waals surface area contributed by atoms with E-state index >= 15 is 0 Å². The van der Waals surface area contributed by atoms with Crippen LogP contribution in [0.4, 0.5) is 0 Å². The van der Waals surface area contributed by atoms with Crippen molar-refractivity contribution in [1.29, 1.82) is 0 Å². The Morgan fingerprint density at radius 3 is 2.75 bits per heavy atom. The third-order valence-electron chi connectivity index (χ3n) is 4.97. The van der Waals surface area contributed by atoms with Crippen LogP contribution in [0.2, 0.25) is 0 Å². The Kier molecular flexibility index (Phi) is 5.30. The predicted octanol–water partition coefficient (Wildman–Crippen LogP) is 4.28. The Morgan fingerprint density at radius 1 is 1.55 bits per heavy atom. The average molecular weight is 406 g/mol. The van der Waals surface area contributed by atoms with E-state index in [0.29, 0.717) is 5.92 Å². The van der Waals surface area contributed by atoms with Crippen LogP contribution in [0.1, 0.15) is 26.2 Å². The lowest BCUT2D eigenvalue weighted by atomic mass is 9.56. The summed E-state index contributed by atoms with van der Waals surface area (Å²) in [5.41, 5.74) is 1.95. The first-order chi connectivity index (χ1) is 9.51. The third-order valence-corrected chi connectivity index (χ3v) is 6.75. The molecule has 0 aliphatic heterocycles. The standard InChI is InChI=1S/C16H22Br2O2/c1-10(2)12-7-16(9-18)11(8-17)5-4-6-13(16)14(19)15(12)20-3/h6,11-12,15H,1,4-5,7-9H2,2-3H3. The van der Waals surface area contributed by atoms with Gasteiger partial charge in [-0.05, 0) is 32.1 Å². The number of Topliss-reactive ketones (excluding diaryl/α,β-unsaturated/α-hetero) is 1. The van der Waals surface area contributed by atoms with E-state index in [2.05, 4.69) is 44.5 Å². The van der Waals surface area contributed by atoms with Crippen molar-refractivity contribution in [2.24, 2.45) is 17.3 Å². The Hall–Kier alpha value is 0.0700. The zero-order valence-corrected chi connectivity index (χ0v) is 15.3. The molecule has 2 aliphatic carbocycles. The fourth-order valence-corrected chi connectivity index (χ4v) is 5.68. The molecule has 0 aromatic heterocycles. The van der Waals surface area contributed by atoms with Crippen molar-refractivity contribution in [1.82, 2.24) is 0 Å². The lowest BCUT2D eigenvalue weighted by Crippen LogP contribution is -2.52. The summed E-state index contributed by atoms with van der Waals surface area (Å²) in [7, 11) is 1.63. The Labute approximate surface area is 138 Å². The van der Waals surface area contributed by atoms with E-state index in [4.69, 9.17) is 4.74 Å². The maximum absolute atomic E-state index is 12.9. The first kappa shape index (κ1) is 16.4.